The van der Waals surface area contributed by atoms with Crippen LogP contribution in [0.25, 0.3) is 0 Å². The quantitative estimate of drug-likeness (QED) is 0.803. The minimum absolute atomic E-state index is 0.0237. The molecule has 0 saturated heterocycles. The molecule has 2 aromatic rings. The maximum Gasteiger partial charge on any atom is 0.257 e. The number of amides is 1. The highest BCUT2D eigenvalue weighted by Crippen LogP contribution is 2.10. The van der Waals surface area contributed by atoms with E-state index < -0.39 is 0 Å². The van der Waals surface area contributed by atoms with Gasteiger partial charge < -0.3 is 4.90 Å². The van der Waals surface area contributed by atoms with Gasteiger partial charge in [0.05, 0.1) is 17.5 Å². The van der Waals surface area contributed by atoms with Crippen LogP contribution in [0.4, 0.5) is 0 Å². The normalized spacial score (nSPS) is 10.7. The Bertz CT molecular complexity index is 569. The van der Waals surface area contributed by atoms with Crippen LogP contribution in [0.3, 0.4) is 0 Å². The number of aromatic nitrogens is 4. The van der Waals surface area contributed by atoms with Crippen molar-refractivity contribution in [1.29, 1.82) is 0 Å². The molecular weight excluding hydrogens is 230 g/mol. The third-order valence-electron chi connectivity index (χ3n) is 2.77. The van der Waals surface area contributed by atoms with E-state index in [0.29, 0.717) is 12.1 Å². The van der Waals surface area contributed by atoms with Gasteiger partial charge in [-0.05, 0) is 6.92 Å². The van der Waals surface area contributed by atoms with Crippen LogP contribution in [-0.4, -0.2) is 37.4 Å². The molecule has 1 amide bonds. The Hall–Kier alpha value is -2.11. The second kappa shape index (κ2) is 4.64. The lowest BCUT2D eigenvalue weighted by Gasteiger charge is -2.15. The molecule has 18 heavy (non-hydrogen) atoms. The van der Waals surface area contributed by atoms with Gasteiger partial charge in [0.1, 0.15) is 0 Å². The maximum atomic E-state index is 12.2. The molecule has 0 aliphatic heterocycles. The van der Waals surface area contributed by atoms with Crippen molar-refractivity contribution in [2.45, 2.75) is 13.5 Å². The Balaban J connectivity index is 2.11. The Labute approximate surface area is 106 Å². The first-order chi connectivity index (χ1) is 8.47. The molecule has 2 heterocycles. The van der Waals surface area contributed by atoms with Gasteiger partial charge >= 0.3 is 0 Å². The summed E-state index contributed by atoms with van der Waals surface area (Å²) in [7, 11) is 5.45. The summed E-state index contributed by atoms with van der Waals surface area (Å²) < 4.78 is 3.38. The van der Waals surface area contributed by atoms with Gasteiger partial charge in [-0.1, -0.05) is 0 Å². The van der Waals surface area contributed by atoms with Crippen LogP contribution < -0.4 is 0 Å². The van der Waals surface area contributed by atoms with Crippen molar-refractivity contribution in [2.75, 3.05) is 7.05 Å². The smallest absolute Gasteiger partial charge is 0.257 e. The topological polar surface area (TPSA) is 56.0 Å². The predicted molar refractivity (Wildman–Crippen MR) is 67.0 cm³/mol. The number of rotatable bonds is 3. The van der Waals surface area contributed by atoms with Crippen molar-refractivity contribution >= 4 is 5.91 Å². The molecule has 6 heteroatoms. The summed E-state index contributed by atoms with van der Waals surface area (Å²) >= 11 is 0. The molecule has 0 radical (unpaired) electrons. The molecule has 0 aliphatic carbocycles. The van der Waals surface area contributed by atoms with Crippen LogP contribution >= 0.6 is 0 Å². The average Bonchev–Trinajstić information content (AvgIpc) is 2.84. The van der Waals surface area contributed by atoms with Gasteiger partial charge in [-0.3, -0.25) is 14.2 Å². The highest BCUT2D eigenvalue weighted by atomic mass is 16.2. The number of aryl methyl sites for hydroxylation is 3. The Morgan fingerprint density at radius 1 is 1.33 bits per heavy atom. The van der Waals surface area contributed by atoms with E-state index in [1.807, 2.05) is 27.2 Å². The number of carbonyl (C=O) groups is 1. The van der Waals surface area contributed by atoms with Gasteiger partial charge in [0, 0.05) is 45.6 Å². The highest BCUT2D eigenvalue weighted by molar-refractivity contribution is 5.94. The Morgan fingerprint density at radius 3 is 2.56 bits per heavy atom. The van der Waals surface area contributed by atoms with Crippen molar-refractivity contribution in [3.8, 4) is 0 Å². The van der Waals surface area contributed by atoms with Crippen LogP contribution in [0.5, 0.6) is 0 Å². The van der Waals surface area contributed by atoms with Gasteiger partial charge in [-0.15, -0.1) is 0 Å². The summed E-state index contributed by atoms with van der Waals surface area (Å²) in [6.07, 6.45) is 5.41. The molecule has 0 aliphatic rings. The molecule has 0 atom stereocenters. The average molecular weight is 247 g/mol. The van der Waals surface area contributed by atoms with E-state index in [1.165, 1.54) is 0 Å². The number of hydrogen-bond donors (Lipinski definition) is 0. The van der Waals surface area contributed by atoms with E-state index in [1.54, 1.807) is 33.7 Å². The largest absolute Gasteiger partial charge is 0.337 e. The molecule has 2 rings (SSSR count). The lowest BCUT2D eigenvalue weighted by Crippen LogP contribution is -2.26. The molecule has 0 saturated carbocycles. The summed E-state index contributed by atoms with van der Waals surface area (Å²) in [5.41, 5.74) is 2.40. The SMILES string of the molecule is Cc1nn(C)cc1C(=O)N(C)Cc1cnn(C)c1. The van der Waals surface area contributed by atoms with Crippen molar-refractivity contribution in [3.63, 3.8) is 0 Å². The molecule has 0 fully saturated rings. The van der Waals surface area contributed by atoms with Crippen LogP contribution in [0.2, 0.25) is 0 Å². The first-order valence-corrected chi connectivity index (χ1v) is 5.70. The lowest BCUT2D eigenvalue weighted by atomic mass is 10.2. The lowest BCUT2D eigenvalue weighted by molar-refractivity contribution is 0.0784. The van der Waals surface area contributed by atoms with E-state index in [9.17, 15) is 4.79 Å². The molecule has 0 bridgehead atoms. The van der Waals surface area contributed by atoms with Gasteiger partial charge in [0.15, 0.2) is 0 Å². The minimum atomic E-state index is -0.0237. The van der Waals surface area contributed by atoms with Gasteiger partial charge in [-0.25, -0.2) is 0 Å². The van der Waals surface area contributed by atoms with E-state index in [0.717, 1.165) is 11.3 Å². The highest BCUT2D eigenvalue weighted by Gasteiger charge is 2.17. The molecule has 0 N–H and O–H groups in total. The third kappa shape index (κ3) is 2.42. The van der Waals surface area contributed by atoms with Crippen molar-refractivity contribution < 1.29 is 4.79 Å². The fourth-order valence-electron chi connectivity index (χ4n) is 1.91. The monoisotopic (exact) mass is 247 g/mol. The summed E-state index contributed by atoms with van der Waals surface area (Å²) in [6, 6.07) is 0. The number of nitrogens with zero attached hydrogens (tertiary/aromatic N) is 5. The number of hydrogen-bond acceptors (Lipinski definition) is 3. The predicted octanol–water partition coefficient (Wildman–Crippen LogP) is 0.734. The second-order valence-electron chi connectivity index (χ2n) is 4.49. The van der Waals surface area contributed by atoms with Gasteiger partial charge in [-0.2, -0.15) is 10.2 Å². The third-order valence-corrected chi connectivity index (χ3v) is 2.77. The van der Waals surface area contributed by atoms with Crippen LogP contribution in [-0.2, 0) is 20.6 Å². The molecule has 0 spiro atoms. The van der Waals surface area contributed by atoms with Gasteiger partial charge in [0.25, 0.3) is 5.91 Å². The first kappa shape index (κ1) is 12.3. The van der Waals surface area contributed by atoms with Crippen LogP contribution in [0.1, 0.15) is 21.6 Å². The second-order valence-corrected chi connectivity index (χ2v) is 4.49. The van der Waals surface area contributed by atoms with Crippen LogP contribution in [0, 0.1) is 6.92 Å². The Morgan fingerprint density at radius 2 is 2.06 bits per heavy atom. The zero-order valence-corrected chi connectivity index (χ0v) is 11.1. The van der Waals surface area contributed by atoms with Crippen molar-refractivity contribution in [3.05, 3.63) is 35.4 Å². The van der Waals surface area contributed by atoms with Crippen molar-refractivity contribution in [2.24, 2.45) is 14.1 Å². The summed E-state index contributed by atoms with van der Waals surface area (Å²) in [4.78, 5) is 13.9. The fourth-order valence-corrected chi connectivity index (χ4v) is 1.91. The van der Waals surface area contributed by atoms with Crippen LogP contribution in [0.15, 0.2) is 18.6 Å². The molecular formula is C12H17N5O. The Kier molecular flexibility index (Phi) is 3.18. The van der Waals surface area contributed by atoms with Gasteiger partial charge in [0.2, 0.25) is 0 Å². The summed E-state index contributed by atoms with van der Waals surface area (Å²) in [5.74, 6) is -0.0237. The van der Waals surface area contributed by atoms with E-state index in [2.05, 4.69) is 10.2 Å². The maximum absolute atomic E-state index is 12.2. The standard InChI is InChI=1S/C12H17N5O/c1-9-11(8-17(4)14-9)12(18)15(2)6-10-5-13-16(3)7-10/h5,7-8H,6H2,1-4H3. The van der Waals surface area contributed by atoms with E-state index in [-0.39, 0.29) is 5.91 Å². The van der Waals surface area contributed by atoms with Crippen molar-refractivity contribution in [1.82, 2.24) is 24.5 Å². The molecule has 2 aromatic heterocycles. The zero-order valence-electron chi connectivity index (χ0n) is 11.1. The first-order valence-electron chi connectivity index (χ1n) is 5.70. The minimum Gasteiger partial charge on any atom is -0.337 e. The van der Waals surface area contributed by atoms with E-state index >= 15 is 0 Å². The molecule has 6 nitrogen and oxygen atoms in total. The molecule has 96 valence electrons. The number of carbonyl (C=O) groups excluding carboxylic acids is 1. The summed E-state index contributed by atoms with van der Waals surface area (Å²) in [6.45, 7) is 2.38. The fraction of sp³-hybridized carbons (Fsp3) is 0.417. The van der Waals surface area contributed by atoms with E-state index in [4.69, 9.17) is 0 Å². The molecule has 0 aromatic carbocycles. The zero-order chi connectivity index (χ0) is 13.3. The summed E-state index contributed by atoms with van der Waals surface area (Å²) in [5, 5.41) is 8.26. The molecule has 0 unspecified atom stereocenters.